The first-order valence-corrected chi connectivity index (χ1v) is 6.96. The van der Waals surface area contributed by atoms with Crippen LogP contribution in [0.15, 0.2) is 24.4 Å². The third kappa shape index (κ3) is 3.13. The van der Waals surface area contributed by atoms with Crippen molar-refractivity contribution in [3.63, 3.8) is 0 Å². The maximum atomic E-state index is 5.71. The number of aryl methyl sites for hydroxylation is 1. The molecule has 2 heterocycles. The summed E-state index contributed by atoms with van der Waals surface area (Å²) in [6.07, 6.45) is 1.87. The number of aromatic nitrogens is 2. The number of pyridine rings is 1. The number of nitrogens with zero attached hydrogens (tertiary/aromatic N) is 2. The monoisotopic (exact) mass is 273 g/mol. The van der Waals surface area contributed by atoms with E-state index < -0.39 is 0 Å². The second-order valence-corrected chi connectivity index (χ2v) is 5.33. The van der Waals surface area contributed by atoms with E-state index in [9.17, 15) is 0 Å². The maximum Gasteiger partial charge on any atom is 0.237 e. The molecular formula is C16H23N3O. The predicted molar refractivity (Wildman–Crippen MR) is 82.2 cm³/mol. The normalized spacial score (nSPS) is 10.9. The van der Waals surface area contributed by atoms with Crippen LogP contribution in [0.5, 0.6) is 5.88 Å². The van der Waals surface area contributed by atoms with Crippen LogP contribution in [0.1, 0.15) is 30.8 Å². The summed E-state index contributed by atoms with van der Waals surface area (Å²) in [5.41, 5.74) is 4.78. The van der Waals surface area contributed by atoms with E-state index in [1.54, 1.807) is 6.20 Å². The molecular weight excluding hydrogens is 250 g/mol. The molecule has 108 valence electrons. The lowest BCUT2D eigenvalue weighted by Crippen LogP contribution is -2.10. The van der Waals surface area contributed by atoms with E-state index in [2.05, 4.69) is 41.8 Å². The van der Waals surface area contributed by atoms with Crippen LogP contribution in [0.2, 0.25) is 0 Å². The molecule has 2 aromatic heterocycles. The summed E-state index contributed by atoms with van der Waals surface area (Å²) in [6, 6.07) is 6.12. The number of hydrogen-bond donors (Lipinski definition) is 1. The second-order valence-electron chi connectivity index (χ2n) is 5.33. The Morgan fingerprint density at radius 3 is 2.70 bits per heavy atom. The number of nitrogens with one attached hydrogen (secondary N) is 1. The van der Waals surface area contributed by atoms with E-state index in [0.717, 1.165) is 12.2 Å². The molecule has 0 saturated carbocycles. The lowest BCUT2D eigenvalue weighted by molar-refractivity contribution is 0.234. The molecule has 2 rings (SSSR count). The van der Waals surface area contributed by atoms with E-state index in [0.29, 0.717) is 5.88 Å². The van der Waals surface area contributed by atoms with E-state index in [-0.39, 0.29) is 6.10 Å². The zero-order valence-corrected chi connectivity index (χ0v) is 12.9. The van der Waals surface area contributed by atoms with Crippen LogP contribution in [0.3, 0.4) is 0 Å². The van der Waals surface area contributed by atoms with Gasteiger partial charge in [0.15, 0.2) is 0 Å². The zero-order valence-electron chi connectivity index (χ0n) is 12.9. The van der Waals surface area contributed by atoms with Crippen molar-refractivity contribution < 1.29 is 4.74 Å². The zero-order chi connectivity index (χ0) is 14.7. The summed E-state index contributed by atoms with van der Waals surface area (Å²) in [5.74, 6) is 0.660. The van der Waals surface area contributed by atoms with Gasteiger partial charge in [0.1, 0.15) is 0 Å². The first-order chi connectivity index (χ1) is 9.49. The minimum absolute atomic E-state index is 0.117. The molecule has 0 radical (unpaired) electrons. The predicted octanol–water partition coefficient (Wildman–Crippen LogP) is 3.44. The molecule has 0 amide bonds. The largest absolute Gasteiger partial charge is 0.473 e. The third-order valence-electron chi connectivity index (χ3n) is 3.47. The van der Waals surface area contributed by atoms with Crippen LogP contribution < -0.4 is 10.1 Å². The van der Waals surface area contributed by atoms with Gasteiger partial charge >= 0.3 is 0 Å². The fourth-order valence-electron chi connectivity index (χ4n) is 2.15. The lowest BCUT2D eigenvalue weighted by Gasteiger charge is -2.14. The Labute approximate surface area is 120 Å². The third-order valence-corrected chi connectivity index (χ3v) is 3.47. The Bertz CT molecular complexity index is 587. The van der Waals surface area contributed by atoms with E-state index in [1.165, 1.54) is 17.0 Å². The summed E-state index contributed by atoms with van der Waals surface area (Å²) < 4.78 is 7.91. The van der Waals surface area contributed by atoms with Crippen molar-refractivity contribution in [3.8, 4) is 5.88 Å². The molecule has 0 aliphatic carbocycles. The summed E-state index contributed by atoms with van der Waals surface area (Å²) >= 11 is 0. The van der Waals surface area contributed by atoms with Crippen LogP contribution in [0.4, 0.5) is 5.69 Å². The van der Waals surface area contributed by atoms with Crippen LogP contribution >= 0.6 is 0 Å². The first kappa shape index (κ1) is 14.4. The van der Waals surface area contributed by atoms with Gasteiger partial charge in [0.25, 0.3) is 0 Å². The van der Waals surface area contributed by atoms with Gasteiger partial charge in [-0.3, -0.25) is 0 Å². The van der Waals surface area contributed by atoms with Crippen molar-refractivity contribution >= 4 is 5.69 Å². The minimum atomic E-state index is 0.117. The fourth-order valence-corrected chi connectivity index (χ4v) is 2.15. The summed E-state index contributed by atoms with van der Waals surface area (Å²) in [4.78, 5) is 4.29. The van der Waals surface area contributed by atoms with Crippen molar-refractivity contribution in [2.75, 3.05) is 5.32 Å². The van der Waals surface area contributed by atoms with Crippen LogP contribution in [0, 0.1) is 13.8 Å². The van der Waals surface area contributed by atoms with Gasteiger partial charge in [-0.2, -0.15) is 0 Å². The molecule has 0 spiro atoms. The lowest BCUT2D eigenvalue weighted by atomic mass is 10.2. The average molecular weight is 273 g/mol. The van der Waals surface area contributed by atoms with Crippen LogP contribution in [-0.2, 0) is 13.6 Å². The Hall–Kier alpha value is -1.97. The van der Waals surface area contributed by atoms with Gasteiger partial charge in [0, 0.05) is 31.2 Å². The molecule has 2 aromatic rings. The summed E-state index contributed by atoms with van der Waals surface area (Å²) in [5, 5.41) is 3.42. The average Bonchev–Trinajstić information content (AvgIpc) is 2.65. The standard InChI is InChI=1S/C16H23N3O/c1-11(2)20-16-15(7-6-8-17-16)18-10-14-9-12(3)19(5)13(14)4/h6-9,11,18H,10H2,1-5H3. The highest BCUT2D eigenvalue weighted by Gasteiger charge is 2.09. The number of hydrogen-bond acceptors (Lipinski definition) is 3. The number of anilines is 1. The van der Waals surface area contributed by atoms with Crippen LogP contribution in [0.25, 0.3) is 0 Å². The Morgan fingerprint density at radius 2 is 2.10 bits per heavy atom. The summed E-state index contributed by atoms with van der Waals surface area (Å²) in [7, 11) is 2.09. The Morgan fingerprint density at radius 1 is 1.35 bits per heavy atom. The van der Waals surface area contributed by atoms with Gasteiger partial charge in [-0.1, -0.05) is 0 Å². The van der Waals surface area contributed by atoms with Gasteiger partial charge in [0.2, 0.25) is 5.88 Å². The Balaban J connectivity index is 2.12. The van der Waals surface area contributed by atoms with Crippen molar-refractivity contribution in [1.82, 2.24) is 9.55 Å². The SMILES string of the molecule is Cc1cc(CNc2cccnc2OC(C)C)c(C)n1C. The molecule has 0 aromatic carbocycles. The Kier molecular flexibility index (Phi) is 4.32. The maximum absolute atomic E-state index is 5.71. The van der Waals surface area contributed by atoms with Crippen molar-refractivity contribution in [2.45, 2.75) is 40.3 Å². The quantitative estimate of drug-likeness (QED) is 0.907. The topological polar surface area (TPSA) is 39.1 Å². The number of rotatable bonds is 5. The molecule has 20 heavy (non-hydrogen) atoms. The van der Waals surface area contributed by atoms with Gasteiger partial charge in [-0.15, -0.1) is 0 Å². The van der Waals surface area contributed by atoms with E-state index >= 15 is 0 Å². The molecule has 4 heteroatoms. The minimum Gasteiger partial charge on any atom is -0.473 e. The molecule has 0 saturated heterocycles. The molecule has 0 unspecified atom stereocenters. The highest BCUT2D eigenvalue weighted by atomic mass is 16.5. The molecule has 1 N–H and O–H groups in total. The molecule has 0 fully saturated rings. The summed E-state index contributed by atoms with van der Waals surface area (Å²) in [6.45, 7) is 9.03. The first-order valence-electron chi connectivity index (χ1n) is 6.96. The second kappa shape index (κ2) is 5.99. The van der Waals surface area contributed by atoms with Crippen molar-refractivity contribution in [2.24, 2.45) is 7.05 Å². The highest BCUT2D eigenvalue weighted by molar-refractivity contribution is 5.52. The van der Waals surface area contributed by atoms with Gasteiger partial charge in [-0.25, -0.2) is 4.98 Å². The fraction of sp³-hybridized carbons (Fsp3) is 0.438. The highest BCUT2D eigenvalue weighted by Crippen LogP contribution is 2.23. The van der Waals surface area contributed by atoms with Gasteiger partial charge in [-0.05, 0) is 51.5 Å². The molecule has 0 bridgehead atoms. The molecule has 4 nitrogen and oxygen atoms in total. The molecule has 0 aliphatic rings. The molecule has 0 atom stereocenters. The molecule has 0 aliphatic heterocycles. The van der Waals surface area contributed by atoms with Crippen molar-refractivity contribution in [1.29, 1.82) is 0 Å². The van der Waals surface area contributed by atoms with E-state index in [1.807, 2.05) is 26.0 Å². The number of ether oxygens (including phenoxy) is 1. The smallest absolute Gasteiger partial charge is 0.237 e. The van der Waals surface area contributed by atoms with Crippen molar-refractivity contribution in [3.05, 3.63) is 41.3 Å². The van der Waals surface area contributed by atoms with Gasteiger partial charge in [0.05, 0.1) is 11.8 Å². The van der Waals surface area contributed by atoms with E-state index in [4.69, 9.17) is 4.74 Å². The van der Waals surface area contributed by atoms with Gasteiger partial charge < -0.3 is 14.6 Å². The van der Waals surface area contributed by atoms with Crippen LogP contribution in [-0.4, -0.2) is 15.7 Å².